The monoisotopic (exact) mass is 255 g/mol. The van der Waals surface area contributed by atoms with Crippen molar-refractivity contribution >= 4 is 5.82 Å². The number of anilines is 1. The third-order valence-corrected chi connectivity index (χ3v) is 3.52. The average molecular weight is 255 g/mol. The molecule has 0 atom stereocenters. The molecule has 0 saturated heterocycles. The van der Waals surface area contributed by atoms with Gasteiger partial charge < -0.3 is 10.7 Å². The number of nitrogens with two attached hydrogens (primary N) is 1. The van der Waals surface area contributed by atoms with Crippen LogP contribution in [-0.2, 0) is 5.41 Å². The van der Waals surface area contributed by atoms with Crippen molar-refractivity contribution in [1.82, 2.24) is 15.0 Å². The van der Waals surface area contributed by atoms with Crippen molar-refractivity contribution in [2.45, 2.75) is 32.6 Å². The highest BCUT2D eigenvalue weighted by Gasteiger charge is 2.23. The lowest BCUT2D eigenvalue weighted by molar-refractivity contribution is 0.491. The summed E-state index contributed by atoms with van der Waals surface area (Å²) in [5, 5.41) is 9.24. The molecular weight excluding hydrogens is 238 g/mol. The van der Waals surface area contributed by atoms with Gasteiger partial charge in [0.25, 0.3) is 0 Å². The van der Waals surface area contributed by atoms with Crippen LogP contribution in [0.25, 0.3) is 11.3 Å². The molecule has 2 aromatic rings. The van der Waals surface area contributed by atoms with Crippen LogP contribution in [0.15, 0.2) is 18.6 Å². The molecule has 0 radical (unpaired) electrons. The van der Waals surface area contributed by atoms with E-state index in [-0.39, 0.29) is 11.2 Å². The maximum absolute atomic E-state index is 9.24. The van der Waals surface area contributed by atoms with Crippen molar-refractivity contribution in [3.63, 3.8) is 0 Å². The van der Waals surface area contributed by atoms with Crippen LogP contribution in [0.4, 0.5) is 5.82 Å². The highest BCUT2D eigenvalue weighted by atomic mass is 14.9. The number of H-pyrrole nitrogens is 1. The predicted molar refractivity (Wildman–Crippen MR) is 74.3 cm³/mol. The van der Waals surface area contributed by atoms with Gasteiger partial charge in [-0.1, -0.05) is 20.8 Å². The zero-order valence-corrected chi connectivity index (χ0v) is 11.4. The number of nitrogens with one attached hydrogen (secondary N) is 1. The van der Waals surface area contributed by atoms with E-state index in [2.05, 4.69) is 41.8 Å². The smallest absolute Gasteiger partial charge is 0.142 e. The van der Waals surface area contributed by atoms with Gasteiger partial charge in [0.05, 0.1) is 18.2 Å². The average Bonchev–Trinajstić information content (AvgIpc) is 2.91. The van der Waals surface area contributed by atoms with E-state index in [9.17, 15) is 5.26 Å². The van der Waals surface area contributed by atoms with E-state index in [4.69, 9.17) is 5.73 Å². The maximum Gasteiger partial charge on any atom is 0.142 e. The number of hydrogen-bond acceptors (Lipinski definition) is 4. The number of nitriles is 1. The number of hydrogen-bond donors (Lipinski definition) is 2. The molecule has 5 heteroatoms. The first-order valence-electron chi connectivity index (χ1n) is 6.19. The van der Waals surface area contributed by atoms with Crippen LogP contribution in [-0.4, -0.2) is 15.0 Å². The van der Waals surface area contributed by atoms with Crippen LogP contribution in [0, 0.1) is 11.3 Å². The van der Waals surface area contributed by atoms with Crippen molar-refractivity contribution in [3.8, 4) is 17.3 Å². The van der Waals surface area contributed by atoms with Gasteiger partial charge in [-0.25, -0.2) is 9.97 Å². The summed E-state index contributed by atoms with van der Waals surface area (Å²) in [6, 6.07) is 4.04. The van der Waals surface area contributed by atoms with Gasteiger partial charge in [0.2, 0.25) is 0 Å². The molecule has 0 aromatic carbocycles. The Labute approximate surface area is 112 Å². The summed E-state index contributed by atoms with van der Waals surface area (Å²) < 4.78 is 0. The van der Waals surface area contributed by atoms with Crippen LogP contribution in [0.2, 0.25) is 0 Å². The highest BCUT2D eigenvalue weighted by Crippen LogP contribution is 2.32. The van der Waals surface area contributed by atoms with E-state index >= 15 is 0 Å². The molecule has 2 heterocycles. The van der Waals surface area contributed by atoms with Crippen LogP contribution >= 0.6 is 0 Å². The minimum Gasteiger partial charge on any atom is -0.383 e. The molecule has 5 nitrogen and oxygen atoms in total. The van der Waals surface area contributed by atoms with Gasteiger partial charge in [0.15, 0.2) is 0 Å². The van der Waals surface area contributed by atoms with E-state index in [0.717, 1.165) is 23.4 Å². The van der Waals surface area contributed by atoms with Crippen LogP contribution in [0.3, 0.4) is 0 Å². The number of rotatable bonds is 3. The molecule has 0 spiro atoms. The minimum absolute atomic E-state index is 0.0864. The Morgan fingerprint density at radius 3 is 2.74 bits per heavy atom. The van der Waals surface area contributed by atoms with Crippen LogP contribution < -0.4 is 5.73 Å². The lowest BCUT2D eigenvalue weighted by Crippen LogP contribution is -2.19. The first-order chi connectivity index (χ1) is 8.99. The molecule has 3 N–H and O–H groups in total. The summed E-state index contributed by atoms with van der Waals surface area (Å²) in [5.74, 6) is 0.270. The molecule has 2 rings (SSSR count). The Hall–Kier alpha value is -2.35. The molecule has 98 valence electrons. The normalized spacial score (nSPS) is 11.3. The van der Waals surface area contributed by atoms with Crippen LogP contribution in [0.5, 0.6) is 0 Å². The summed E-state index contributed by atoms with van der Waals surface area (Å²) in [6.45, 7) is 6.32. The summed E-state index contributed by atoms with van der Waals surface area (Å²) in [7, 11) is 0. The highest BCUT2D eigenvalue weighted by molar-refractivity contribution is 5.73. The number of nitrogens with zero attached hydrogens (tertiary/aromatic N) is 3. The predicted octanol–water partition coefficient (Wildman–Crippen LogP) is 2.61. The zero-order valence-electron chi connectivity index (χ0n) is 11.4. The van der Waals surface area contributed by atoms with Gasteiger partial charge in [-0.3, -0.25) is 0 Å². The maximum atomic E-state index is 9.24. The number of imidazole rings is 1. The summed E-state index contributed by atoms with van der Waals surface area (Å²) in [5.41, 5.74) is 8.64. The molecule has 0 aliphatic heterocycles. The summed E-state index contributed by atoms with van der Waals surface area (Å²) >= 11 is 0. The third kappa shape index (κ3) is 2.29. The summed E-state index contributed by atoms with van der Waals surface area (Å²) in [4.78, 5) is 11.4. The van der Waals surface area contributed by atoms with E-state index in [1.165, 1.54) is 0 Å². The second-order valence-electron chi connectivity index (χ2n) is 5.13. The van der Waals surface area contributed by atoms with E-state index in [1.807, 2.05) is 6.07 Å². The molecule has 0 unspecified atom stereocenters. The molecule has 19 heavy (non-hydrogen) atoms. The SMILES string of the molecule is CCC(C)(C)c1cc(-c2cnc[nH]2)c(C#N)c(N)n1. The lowest BCUT2D eigenvalue weighted by Gasteiger charge is -2.23. The van der Waals surface area contributed by atoms with E-state index in [1.54, 1.807) is 12.5 Å². The number of pyridine rings is 1. The van der Waals surface area contributed by atoms with Crippen molar-refractivity contribution in [2.24, 2.45) is 0 Å². The quantitative estimate of drug-likeness (QED) is 0.881. The standard InChI is InChI=1S/C14H17N5/c1-4-14(2,3)12-5-9(11-7-17-8-18-11)10(6-15)13(16)19-12/h5,7-8H,4H2,1-3H3,(H2,16,19)(H,17,18). The molecule has 2 aromatic heterocycles. The Balaban J connectivity index is 2.68. The van der Waals surface area contributed by atoms with E-state index < -0.39 is 0 Å². The molecule has 0 fully saturated rings. The second kappa shape index (κ2) is 4.73. The molecule has 0 aliphatic rings. The van der Waals surface area contributed by atoms with Crippen molar-refractivity contribution < 1.29 is 0 Å². The Kier molecular flexibility index (Phi) is 3.26. The van der Waals surface area contributed by atoms with Crippen molar-refractivity contribution in [2.75, 3.05) is 5.73 Å². The van der Waals surface area contributed by atoms with Gasteiger partial charge >= 0.3 is 0 Å². The van der Waals surface area contributed by atoms with Gasteiger partial charge in [0, 0.05) is 16.7 Å². The van der Waals surface area contributed by atoms with Crippen LogP contribution in [0.1, 0.15) is 38.4 Å². The number of aromatic amines is 1. The van der Waals surface area contributed by atoms with Gasteiger partial charge in [-0.15, -0.1) is 0 Å². The largest absolute Gasteiger partial charge is 0.383 e. The van der Waals surface area contributed by atoms with Gasteiger partial charge in [-0.05, 0) is 12.5 Å². The minimum atomic E-state index is -0.0864. The van der Waals surface area contributed by atoms with Gasteiger partial charge in [-0.2, -0.15) is 5.26 Å². The molecular formula is C14H17N5. The fourth-order valence-corrected chi connectivity index (χ4v) is 1.83. The zero-order chi connectivity index (χ0) is 14.0. The van der Waals surface area contributed by atoms with E-state index in [0.29, 0.717) is 5.56 Å². The molecule has 0 bridgehead atoms. The third-order valence-electron chi connectivity index (χ3n) is 3.52. The molecule has 0 amide bonds. The fourth-order valence-electron chi connectivity index (χ4n) is 1.83. The summed E-state index contributed by atoms with van der Waals surface area (Å²) in [6.07, 6.45) is 4.20. The van der Waals surface area contributed by atoms with Crippen molar-refractivity contribution in [3.05, 3.63) is 29.8 Å². The van der Waals surface area contributed by atoms with Crippen molar-refractivity contribution in [1.29, 1.82) is 5.26 Å². The number of aromatic nitrogens is 3. The topological polar surface area (TPSA) is 91.4 Å². The first kappa shape index (κ1) is 13.1. The second-order valence-corrected chi connectivity index (χ2v) is 5.13. The lowest BCUT2D eigenvalue weighted by atomic mass is 9.84. The van der Waals surface area contributed by atoms with Gasteiger partial charge in [0.1, 0.15) is 17.5 Å². The Bertz CT molecular complexity index is 620. The number of nitrogen functional groups attached to an aromatic ring is 1. The molecule has 0 aliphatic carbocycles. The first-order valence-corrected chi connectivity index (χ1v) is 6.19. The Morgan fingerprint density at radius 1 is 1.47 bits per heavy atom. The fraction of sp³-hybridized carbons (Fsp3) is 0.357. The molecule has 0 saturated carbocycles. The Morgan fingerprint density at radius 2 is 2.21 bits per heavy atom.